The predicted octanol–water partition coefficient (Wildman–Crippen LogP) is 2.99. The standard InChI is InChI=1S/C9H5ClF3N3O/c10-6-2-1-4(14)3-5(6)7-15-8(16-17-7)9(11,12)13/h1-3H,14H2. The maximum Gasteiger partial charge on any atom is 0.455 e. The summed E-state index contributed by atoms with van der Waals surface area (Å²) in [5.41, 5.74) is 5.98. The molecule has 0 aliphatic carbocycles. The monoisotopic (exact) mass is 263 g/mol. The van der Waals surface area contributed by atoms with Crippen molar-refractivity contribution >= 4 is 17.3 Å². The maximum atomic E-state index is 12.3. The van der Waals surface area contributed by atoms with E-state index in [2.05, 4.69) is 14.7 Å². The first kappa shape index (κ1) is 11.7. The van der Waals surface area contributed by atoms with E-state index in [0.29, 0.717) is 5.69 Å². The number of benzene rings is 1. The molecule has 2 rings (SSSR count). The SMILES string of the molecule is Nc1ccc(Cl)c(-c2nc(C(F)(F)F)no2)c1. The van der Waals surface area contributed by atoms with Gasteiger partial charge in [-0.25, -0.2) is 0 Å². The van der Waals surface area contributed by atoms with E-state index in [1.165, 1.54) is 18.2 Å². The number of anilines is 1. The molecule has 0 radical (unpaired) electrons. The smallest absolute Gasteiger partial charge is 0.399 e. The Kier molecular flexibility index (Phi) is 2.70. The van der Waals surface area contributed by atoms with Gasteiger partial charge in [-0.2, -0.15) is 18.2 Å². The van der Waals surface area contributed by atoms with Crippen molar-refractivity contribution in [3.05, 3.63) is 29.0 Å². The van der Waals surface area contributed by atoms with Crippen LogP contribution in [-0.2, 0) is 6.18 Å². The second-order valence-electron chi connectivity index (χ2n) is 3.16. The first-order valence-corrected chi connectivity index (χ1v) is 4.72. The Hall–Kier alpha value is -1.76. The molecular formula is C9H5ClF3N3O. The van der Waals surface area contributed by atoms with Crippen LogP contribution in [0, 0.1) is 0 Å². The van der Waals surface area contributed by atoms with Crippen molar-refractivity contribution in [1.82, 2.24) is 10.1 Å². The van der Waals surface area contributed by atoms with Gasteiger partial charge in [0.2, 0.25) is 0 Å². The van der Waals surface area contributed by atoms with Gasteiger partial charge in [-0.1, -0.05) is 16.8 Å². The zero-order chi connectivity index (χ0) is 12.6. The van der Waals surface area contributed by atoms with Crippen molar-refractivity contribution < 1.29 is 17.7 Å². The van der Waals surface area contributed by atoms with Crippen LogP contribution in [0.25, 0.3) is 11.5 Å². The zero-order valence-electron chi connectivity index (χ0n) is 8.12. The number of nitrogens with zero attached hydrogens (tertiary/aromatic N) is 2. The molecule has 0 bridgehead atoms. The Bertz CT molecular complexity index is 553. The molecule has 0 spiro atoms. The molecule has 0 aliphatic heterocycles. The lowest BCUT2D eigenvalue weighted by Crippen LogP contribution is -2.07. The molecule has 1 heterocycles. The molecule has 0 unspecified atom stereocenters. The molecule has 17 heavy (non-hydrogen) atoms. The number of aromatic nitrogens is 2. The summed E-state index contributed by atoms with van der Waals surface area (Å²) in [6, 6.07) is 4.30. The molecule has 90 valence electrons. The minimum absolute atomic E-state index is 0.162. The van der Waals surface area contributed by atoms with Gasteiger partial charge in [-0.3, -0.25) is 0 Å². The Labute approximate surface area is 98.2 Å². The van der Waals surface area contributed by atoms with Crippen molar-refractivity contribution in [2.45, 2.75) is 6.18 Å². The fourth-order valence-corrected chi connectivity index (χ4v) is 1.35. The molecule has 0 saturated carbocycles. The van der Waals surface area contributed by atoms with E-state index < -0.39 is 12.0 Å². The number of hydrogen-bond acceptors (Lipinski definition) is 4. The Morgan fingerprint density at radius 3 is 2.59 bits per heavy atom. The van der Waals surface area contributed by atoms with Crippen LogP contribution >= 0.6 is 11.6 Å². The van der Waals surface area contributed by atoms with E-state index in [1.54, 1.807) is 0 Å². The topological polar surface area (TPSA) is 64.9 Å². The van der Waals surface area contributed by atoms with Crippen LogP contribution in [0.4, 0.5) is 18.9 Å². The Balaban J connectivity index is 2.47. The summed E-state index contributed by atoms with van der Waals surface area (Å²) >= 11 is 5.79. The quantitative estimate of drug-likeness (QED) is 0.803. The summed E-state index contributed by atoms with van der Waals surface area (Å²) < 4.78 is 41.3. The molecule has 0 saturated heterocycles. The van der Waals surface area contributed by atoms with Crippen molar-refractivity contribution in [1.29, 1.82) is 0 Å². The number of nitrogen functional groups attached to an aromatic ring is 1. The number of hydrogen-bond donors (Lipinski definition) is 1. The summed E-state index contributed by atoms with van der Waals surface area (Å²) in [7, 11) is 0. The molecule has 0 aliphatic rings. The summed E-state index contributed by atoms with van der Waals surface area (Å²) in [4.78, 5) is 3.21. The second kappa shape index (κ2) is 3.92. The van der Waals surface area contributed by atoms with Gasteiger partial charge in [0.15, 0.2) is 0 Å². The number of rotatable bonds is 1. The first-order chi connectivity index (χ1) is 7.88. The molecule has 0 fully saturated rings. The first-order valence-electron chi connectivity index (χ1n) is 4.34. The van der Waals surface area contributed by atoms with Gasteiger partial charge in [0.05, 0.1) is 10.6 Å². The van der Waals surface area contributed by atoms with Gasteiger partial charge in [0.25, 0.3) is 11.7 Å². The van der Waals surface area contributed by atoms with E-state index in [0.717, 1.165) is 0 Å². The van der Waals surface area contributed by atoms with Gasteiger partial charge in [0, 0.05) is 5.69 Å². The number of nitrogens with two attached hydrogens (primary N) is 1. The van der Waals surface area contributed by atoms with Crippen molar-refractivity contribution in [3.8, 4) is 11.5 Å². The molecule has 2 N–H and O–H groups in total. The number of halogens is 4. The van der Waals surface area contributed by atoms with Crippen LogP contribution in [0.3, 0.4) is 0 Å². The average molecular weight is 264 g/mol. The van der Waals surface area contributed by atoms with Crippen molar-refractivity contribution in [2.75, 3.05) is 5.73 Å². The predicted molar refractivity (Wildman–Crippen MR) is 54.2 cm³/mol. The lowest BCUT2D eigenvalue weighted by molar-refractivity contribution is -0.146. The van der Waals surface area contributed by atoms with E-state index in [-0.39, 0.29) is 16.5 Å². The van der Waals surface area contributed by atoms with Crippen LogP contribution in [0.5, 0.6) is 0 Å². The lowest BCUT2D eigenvalue weighted by Gasteiger charge is -2.00. The van der Waals surface area contributed by atoms with E-state index in [1.807, 2.05) is 0 Å². The molecular weight excluding hydrogens is 259 g/mol. The van der Waals surface area contributed by atoms with E-state index in [9.17, 15) is 13.2 Å². The molecule has 4 nitrogen and oxygen atoms in total. The van der Waals surface area contributed by atoms with Gasteiger partial charge in [-0.05, 0) is 18.2 Å². The molecule has 0 atom stereocenters. The Morgan fingerprint density at radius 2 is 2.00 bits per heavy atom. The van der Waals surface area contributed by atoms with Crippen LogP contribution in [0.15, 0.2) is 22.7 Å². The summed E-state index contributed by atoms with van der Waals surface area (Å²) in [5, 5.41) is 3.00. The van der Waals surface area contributed by atoms with Crippen LogP contribution in [0.2, 0.25) is 5.02 Å². The molecule has 0 amide bonds. The normalized spacial score (nSPS) is 11.8. The Morgan fingerprint density at radius 1 is 1.29 bits per heavy atom. The minimum atomic E-state index is -4.66. The molecule has 2 aromatic rings. The highest BCUT2D eigenvalue weighted by Gasteiger charge is 2.37. The number of alkyl halides is 3. The third-order valence-electron chi connectivity index (χ3n) is 1.90. The van der Waals surface area contributed by atoms with Gasteiger partial charge < -0.3 is 10.3 Å². The third kappa shape index (κ3) is 2.33. The van der Waals surface area contributed by atoms with Crippen LogP contribution in [0.1, 0.15) is 5.82 Å². The third-order valence-corrected chi connectivity index (χ3v) is 2.23. The largest absolute Gasteiger partial charge is 0.455 e. The summed E-state index contributed by atoms with van der Waals surface area (Å²) in [6.07, 6.45) is -4.66. The highest BCUT2D eigenvalue weighted by molar-refractivity contribution is 6.33. The fraction of sp³-hybridized carbons (Fsp3) is 0.111. The van der Waals surface area contributed by atoms with Gasteiger partial charge in [-0.15, -0.1) is 0 Å². The summed E-state index contributed by atoms with van der Waals surface area (Å²) in [5.74, 6) is -1.68. The van der Waals surface area contributed by atoms with Crippen molar-refractivity contribution in [3.63, 3.8) is 0 Å². The van der Waals surface area contributed by atoms with E-state index >= 15 is 0 Å². The fourth-order valence-electron chi connectivity index (χ4n) is 1.15. The van der Waals surface area contributed by atoms with Gasteiger partial charge >= 0.3 is 6.18 Å². The molecule has 8 heteroatoms. The lowest BCUT2D eigenvalue weighted by atomic mass is 10.2. The maximum absolute atomic E-state index is 12.3. The highest BCUT2D eigenvalue weighted by Crippen LogP contribution is 2.32. The van der Waals surface area contributed by atoms with Crippen LogP contribution in [-0.4, -0.2) is 10.1 Å². The molecule has 1 aromatic carbocycles. The van der Waals surface area contributed by atoms with Crippen molar-refractivity contribution in [2.24, 2.45) is 0 Å². The highest BCUT2D eigenvalue weighted by atomic mass is 35.5. The molecule has 1 aromatic heterocycles. The van der Waals surface area contributed by atoms with E-state index in [4.69, 9.17) is 17.3 Å². The van der Waals surface area contributed by atoms with Gasteiger partial charge in [0.1, 0.15) is 0 Å². The average Bonchev–Trinajstić information content (AvgIpc) is 2.70. The van der Waals surface area contributed by atoms with Crippen LogP contribution < -0.4 is 5.73 Å². The summed E-state index contributed by atoms with van der Waals surface area (Å²) in [6.45, 7) is 0. The minimum Gasteiger partial charge on any atom is -0.399 e. The zero-order valence-corrected chi connectivity index (χ0v) is 8.88. The second-order valence-corrected chi connectivity index (χ2v) is 3.57.